The smallest absolute Gasteiger partial charge is 0.407 e. The molecule has 1 N–H and O–H groups in total. The Bertz CT molecular complexity index is 267. The standard InChI is InChI=1S/C11H19NO3/c1-11(2,3)9-7-8(13)5-4-6-12(9)10(14)15/h9H,4-7H2,1-3H3,(H,14,15). The Morgan fingerprint density at radius 1 is 1.47 bits per heavy atom. The van der Waals surface area contributed by atoms with E-state index in [1.165, 1.54) is 4.90 Å². The van der Waals surface area contributed by atoms with Crippen LogP contribution in [0.15, 0.2) is 0 Å². The van der Waals surface area contributed by atoms with Crippen LogP contribution in [0.5, 0.6) is 0 Å². The molecule has 15 heavy (non-hydrogen) atoms. The van der Waals surface area contributed by atoms with Gasteiger partial charge in [0.15, 0.2) is 0 Å². The molecular formula is C11H19NO3. The third-order valence-corrected chi connectivity index (χ3v) is 2.90. The van der Waals surface area contributed by atoms with E-state index in [4.69, 9.17) is 5.11 Å². The number of hydrogen-bond donors (Lipinski definition) is 1. The summed E-state index contributed by atoms with van der Waals surface area (Å²) < 4.78 is 0. The first-order chi connectivity index (χ1) is 6.82. The van der Waals surface area contributed by atoms with Crippen LogP contribution in [0, 0.1) is 5.41 Å². The summed E-state index contributed by atoms with van der Waals surface area (Å²) in [6.45, 7) is 6.41. The number of hydrogen-bond acceptors (Lipinski definition) is 2. The normalized spacial score (nSPS) is 23.8. The number of carbonyl (C=O) groups excluding carboxylic acids is 1. The minimum absolute atomic E-state index is 0.179. The predicted octanol–water partition coefficient (Wildman–Crippen LogP) is 2.13. The van der Waals surface area contributed by atoms with E-state index in [9.17, 15) is 9.59 Å². The van der Waals surface area contributed by atoms with Gasteiger partial charge in [0.1, 0.15) is 5.78 Å². The minimum atomic E-state index is -0.912. The number of carbonyl (C=O) groups is 2. The van der Waals surface area contributed by atoms with Gasteiger partial charge in [-0.1, -0.05) is 20.8 Å². The summed E-state index contributed by atoms with van der Waals surface area (Å²) in [6, 6.07) is -0.190. The number of Topliss-reactive ketones (excluding diaryl/α,β-unsaturated/α-hetero) is 1. The lowest BCUT2D eigenvalue weighted by Crippen LogP contribution is -2.47. The number of nitrogens with zero attached hydrogens (tertiary/aromatic N) is 1. The van der Waals surface area contributed by atoms with Crippen LogP contribution in [0.1, 0.15) is 40.0 Å². The molecule has 1 fully saturated rings. The van der Waals surface area contributed by atoms with Crippen molar-refractivity contribution in [1.29, 1.82) is 0 Å². The zero-order chi connectivity index (χ0) is 11.6. The van der Waals surface area contributed by atoms with E-state index in [-0.39, 0.29) is 17.2 Å². The fourth-order valence-corrected chi connectivity index (χ4v) is 2.03. The van der Waals surface area contributed by atoms with Crippen LogP contribution in [0.2, 0.25) is 0 Å². The molecule has 1 heterocycles. The molecule has 4 nitrogen and oxygen atoms in total. The molecule has 1 aliphatic rings. The Hall–Kier alpha value is -1.06. The van der Waals surface area contributed by atoms with Gasteiger partial charge in [-0.15, -0.1) is 0 Å². The van der Waals surface area contributed by atoms with E-state index in [2.05, 4.69) is 0 Å². The number of rotatable bonds is 0. The largest absolute Gasteiger partial charge is 0.465 e. The van der Waals surface area contributed by atoms with Gasteiger partial charge in [-0.05, 0) is 11.8 Å². The van der Waals surface area contributed by atoms with Crippen LogP contribution in [0.3, 0.4) is 0 Å². The van der Waals surface area contributed by atoms with Crippen molar-refractivity contribution in [3.8, 4) is 0 Å². The third-order valence-electron chi connectivity index (χ3n) is 2.90. The summed E-state index contributed by atoms with van der Waals surface area (Å²) >= 11 is 0. The summed E-state index contributed by atoms with van der Waals surface area (Å²) in [7, 11) is 0. The fraction of sp³-hybridized carbons (Fsp3) is 0.818. The maximum atomic E-state index is 11.5. The second-order valence-electron chi connectivity index (χ2n) is 5.20. The Morgan fingerprint density at radius 2 is 2.07 bits per heavy atom. The van der Waals surface area contributed by atoms with Gasteiger partial charge in [-0.3, -0.25) is 4.79 Å². The highest BCUT2D eigenvalue weighted by atomic mass is 16.4. The first-order valence-corrected chi connectivity index (χ1v) is 5.33. The zero-order valence-corrected chi connectivity index (χ0v) is 9.62. The Morgan fingerprint density at radius 3 is 2.53 bits per heavy atom. The van der Waals surface area contributed by atoms with Gasteiger partial charge < -0.3 is 10.0 Å². The first kappa shape index (κ1) is 12.0. The highest BCUT2D eigenvalue weighted by Crippen LogP contribution is 2.30. The molecule has 1 amide bonds. The highest BCUT2D eigenvalue weighted by Gasteiger charge is 2.36. The lowest BCUT2D eigenvalue weighted by Gasteiger charge is -2.36. The van der Waals surface area contributed by atoms with Gasteiger partial charge in [0.25, 0.3) is 0 Å². The Kier molecular flexibility index (Phi) is 3.37. The summed E-state index contributed by atoms with van der Waals surface area (Å²) in [4.78, 5) is 24.0. The summed E-state index contributed by atoms with van der Waals surface area (Å²) in [5, 5.41) is 9.10. The molecule has 1 atom stereocenters. The molecule has 4 heteroatoms. The van der Waals surface area contributed by atoms with Gasteiger partial charge in [0, 0.05) is 25.4 Å². The maximum absolute atomic E-state index is 11.5. The average Bonchev–Trinajstić information content (AvgIpc) is 2.25. The van der Waals surface area contributed by atoms with Crippen LogP contribution in [0.25, 0.3) is 0 Å². The topological polar surface area (TPSA) is 57.6 Å². The molecule has 1 aliphatic heterocycles. The quantitative estimate of drug-likeness (QED) is 0.670. The Balaban J connectivity index is 2.91. The lowest BCUT2D eigenvalue weighted by atomic mass is 9.83. The molecule has 1 rings (SSSR count). The van der Waals surface area contributed by atoms with Crippen LogP contribution >= 0.6 is 0 Å². The van der Waals surface area contributed by atoms with Crippen LogP contribution in [-0.4, -0.2) is 34.5 Å². The highest BCUT2D eigenvalue weighted by molar-refractivity contribution is 5.80. The number of carboxylic acid groups (broad SMARTS) is 1. The number of amides is 1. The van der Waals surface area contributed by atoms with Crippen molar-refractivity contribution in [3.05, 3.63) is 0 Å². The summed E-state index contributed by atoms with van der Waals surface area (Å²) in [5.41, 5.74) is -0.182. The lowest BCUT2D eigenvalue weighted by molar-refractivity contribution is -0.120. The van der Waals surface area contributed by atoms with Crippen molar-refractivity contribution >= 4 is 11.9 Å². The third kappa shape index (κ3) is 2.94. The van der Waals surface area contributed by atoms with E-state index in [1.807, 2.05) is 20.8 Å². The summed E-state index contributed by atoms with van der Waals surface area (Å²) in [5.74, 6) is 0.179. The van der Waals surface area contributed by atoms with Crippen molar-refractivity contribution in [2.75, 3.05) is 6.54 Å². The molecule has 0 aliphatic carbocycles. The zero-order valence-electron chi connectivity index (χ0n) is 9.62. The minimum Gasteiger partial charge on any atom is -0.465 e. The van der Waals surface area contributed by atoms with Crippen LogP contribution < -0.4 is 0 Å². The number of ketones is 1. The van der Waals surface area contributed by atoms with Crippen molar-refractivity contribution in [1.82, 2.24) is 4.90 Å². The molecule has 0 spiro atoms. The molecule has 1 unspecified atom stereocenters. The number of likely N-dealkylation sites (tertiary alicyclic amines) is 1. The van der Waals surface area contributed by atoms with Crippen molar-refractivity contribution in [3.63, 3.8) is 0 Å². The van der Waals surface area contributed by atoms with E-state index >= 15 is 0 Å². The molecule has 86 valence electrons. The van der Waals surface area contributed by atoms with Crippen LogP contribution in [-0.2, 0) is 4.79 Å². The van der Waals surface area contributed by atoms with E-state index in [0.717, 1.165) is 0 Å². The maximum Gasteiger partial charge on any atom is 0.407 e. The van der Waals surface area contributed by atoms with E-state index in [0.29, 0.717) is 25.8 Å². The van der Waals surface area contributed by atoms with Crippen molar-refractivity contribution in [2.24, 2.45) is 5.41 Å². The monoisotopic (exact) mass is 213 g/mol. The average molecular weight is 213 g/mol. The summed E-state index contributed by atoms with van der Waals surface area (Å²) in [6.07, 6.45) is 0.605. The Labute approximate surface area is 90.3 Å². The SMILES string of the molecule is CC(C)(C)C1CC(=O)CCCN1C(=O)O. The molecular weight excluding hydrogens is 194 g/mol. The molecule has 1 saturated heterocycles. The van der Waals surface area contributed by atoms with Gasteiger partial charge in [-0.2, -0.15) is 0 Å². The molecule has 0 aromatic carbocycles. The fourth-order valence-electron chi connectivity index (χ4n) is 2.03. The van der Waals surface area contributed by atoms with Crippen molar-refractivity contribution < 1.29 is 14.7 Å². The molecule has 0 aromatic rings. The molecule has 0 bridgehead atoms. The molecule has 0 saturated carbocycles. The van der Waals surface area contributed by atoms with Crippen LogP contribution in [0.4, 0.5) is 4.79 Å². The predicted molar refractivity (Wildman–Crippen MR) is 56.8 cm³/mol. The van der Waals surface area contributed by atoms with Gasteiger partial charge in [0.2, 0.25) is 0 Å². The molecule has 0 aromatic heterocycles. The van der Waals surface area contributed by atoms with E-state index in [1.54, 1.807) is 0 Å². The second kappa shape index (κ2) is 4.21. The molecule has 0 radical (unpaired) electrons. The van der Waals surface area contributed by atoms with Gasteiger partial charge in [-0.25, -0.2) is 4.79 Å². The van der Waals surface area contributed by atoms with E-state index < -0.39 is 6.09 Å². The second-order valence-corrected chi connectivity index (χ2v) is 5.20. The van der Waals surface area contributed by atoms with Gasteiger partial charge >= 0.3 is 6.09 Å². The van der Waals surface area contributed by atoms with Crippen molar-refractivity contribution in [2.45, 2.75) is 46.1 Å². The first-order valence-electron chi connectivity index (χ1n) is 5.33. The van der Waals surface area contributed by atoms with Gasteiger partial charge in [0.05, 0.1) is 0 Å².